The third-order valence-electron chi connectivity index (χ3n) is 2.31. The molecule has 7 heteroatoms. The maximum Gasteiger partial charge on any atom is 0.331 e. The number of hydrogen-bond donors (Lipinski definition) is 1. The Morgan fingerprint density at radius 1 is 1.40 bits per heavy atom. The van der Waals surface area contributed by atoms with Crippen LogP contribution in [0.5, 0.6) is 5.75 Å². The molecule has 0 aliphatic rings. The molecule has 20 heavy (non-hydrogen) atoms. The molecule has 0 aliphatic heterocycles. The Bertz CT molecular complexity index is 517. The Hall–Kier alpha value is -2.44. The molecular formula is C13H14FNO5. The van der Waals surface area contributed by atoms with Gasteiger partial charge >= 0.3 is 5.97 Å². The maximum atomic E-state index is 13.2. The SMILES string of the molecule is COC(=O)C(COc1cc(F)cc(C=O)c1)NC(C)=O. The number of amides is 1. The van der Waals surface area contributed by atoms with E-state index in [1.54, 1.807) is 0 Å². The summed E-state index contributed by atoms with van der Waals surface area (Å²) in [4.78, 5) is 33.0. The van der Waals surface area contributed by atoms with Gasteiger partial charge in [0.15, 0.2) is 6.04 Å². The average molecular weight is 283 g/mol. The number of aldehydes is 1. The highest BCUT2D eigenvalue weighted by Crippen LogP contribution is 2.15. The number of rotatable bonds is 6. The first-order valence-electron chi connectivity index (χ1n) is 5.69. The molecule has 0 aromatic heterocycles. The van der Waals surface area contributed by atoms with Gasteiger partial charge in [-0.15, -0.1) is 0 Å². The molecule has 0 bridgehead atoms. The summed E-state index contributed by atoms with van der Waals surface area (Å²) in [7, 11) is 1.17. The summed E-state index contributed by atoms with van der Waals surface area (Å²) in [6, 6.07) is 2.42. The predicted molar refractivity (Wildman–Crippen MR) is 66.9 cm³/mol. The van der Waals surface area contributed by atoms with Crippen LogP contribution >= 0.6 is 0 Å². The molecule has 1 aromatic rings. The van der Waals surface area contributed by atoms with Gasteiger partial charge in [0.2, 0.25) is 5.91 Å². The van der Waals surface area contributed by atoms with E-state index in [0.29, 0.717) is 6.29 Å². The van der Waals surface area contributed by atoms with Crippen molar-refractivity contribution >= 4 is 18.2 Å². The summed E-state index contributed by atoms with van der Waals surface area (Å²) in [5.41, 5.74) is 0.106. The smallest absolute Gasteiger partial charge is 0.331 e. The molecule has 1 atom stereocenters. The van der Waals surface area contributed by atoms with Crippen LogP contribution in [0.25, 0.3) is 0 Å². The quantitative estimate of drug-likeness (QED) is 0.613. The lowest BCUT2D eigenvalue weighted by Gasteiger charge is -2.16. The number of carbonyl (C=O) groups is 3. The van der Waals surface area contributed by atoms with E-state index in [9.17, 15) is 18.8 Å². The normalized spacial score (nSPS) is 11.3. The van der Waals surface area contributed by atoms with Crippen LogP contribution in [0.4, 0.5) is 4.39 Å². The van der Waals surface area contributed by atoms with Gasteiger partial charge in [-0.1, -0.05) is 0 Å². The van der Waals surface area contributed by atoms with Crippen molar-refractivity contribution in [1.82, 2.24) is 5.32 Å². The Morgan fingerprint density at radius 3 is 2.65 bits per heavy atom. The third kappa shape index (κ3) is 4.68. The summed E-state index contributed by atoms with van der Waals surface area (Å²) in [5, 5.41) is 2.34. The Kier molecular flexibility index (Phi) is 5.64. The van der Waals surface area contributed by atoms with Crippen molar-refractivity contribution in [2.75, 3.05) is 13.7 Å². The van der Waals surface area contributed by atoms with Gasteiger partial charge in [-0.2, -0.15) is 0 Å². The number of methoxy groups -OCH3 is 1. The van der Waals surface area contributed by atoms with E-state index in [4.69, 9.17) is 4.74 Å². The third-order valence-corrected chi connectivity index (χ3v) is 2.31. The van der Waals surface area contributed by atoms with Crippen molar-refractivity contribution in [2.24, 2.45) is 0 Å². The molecule has 0 radical (unpaired) electrons. The van der Waals surface area contributed by atoms with Crippen LogP contribution in [0.15, 0.2) is 18.2 Å². The number of benzene rings is 1. The second-order valence-corrected chi connectivity index (χ2v) is 3.93. The first kappa shape index (κ1) is 15.6. The Labute approximate surface area is 114 Å². The molecule has 1 aromatic carbocycles. The minimum absolute atomic E-state index is 0.0753. The van der Waals surface area contributed by atoms with Gasteiger partial charge in [-0.05, 0) is 12.1 Å². The molecule has 0 fully saturated rings. The fourth-order valence-corrected chi connectivity index (χ4v) is 1.47. The van der Waals surface area contributed by atoms with E-state index >= 15 is 0 Å². The lowest BCUT2D eigenvalue weighted by atomic mass is 10.2. The van der Waals surface area contributed by atoms with Crippen molar-refractivity contribution in [3.63, 3.8) is 0 Å². The molecule has 1 rings (SSSR count). The van der Waals surface area contributed by atoms with E-state index in [1.807, 2.05) is 0 Å². The summed E-state index contributed by atoms with van der Waals surface area (Å²) >= 11 is 0. The fourth-order valence-electron chi connectivity index (χ4n) is 1.47. The van der Waals surface area contributed by atoms with Gasteiger partial charge in [0.1, 0.15) is 24.5 Å². The van der Waals surface area contributed by atoms with Gasteiger partial charge in [0.25, 0.3) is 0 Å². The summed E-state index contributed by atoms with van der Waals surface area (Å²) < 4.78 is 22.9. The molecule has 0 saturated carbocycles. The molecule has 1 N–H and O–H groups in total. The molecule has 1 unspecified atom stereocenters. The second kappa shape index (κ2) is 7.22. The zero-order valence-electron chi connectivity index (χ0n) is 11.0. The van der Waals surface area contributed by atoms with Gasteiger partial charge in [-0.3, -0.25) is 9.59 Å². The number of halogens is 1. The first-order chi connectivity index (χ1) is 9.46. The van der Waals surface area contributed by atoms with Crippen LogP contribution in [-0.4, -0.2) is 37.9 Å². The minimum atomic E-state index is -1.01. The molecule has 0 saturated heterocycles. The van der Waals surface area contributed by atoms with Gasteiger partial charge < -0.3 is 14.8 Å². The van der Waals surface area contributed by atoms with Crippen LogP contribution in [-0.2, 0) is 14.3 Å². The average Bonchev–Trinajstić information content (AvgIpc) is 2.41. The van der Waals surface area contributed by atoms with Gasteiger partial charge in [-0.25, -0.2) is 9.18 Å². The highest BCUT2D eigenvalue weighted by Gasteiger charge is 2.21. The maximum absolute atomic E-state index is 13.2. The number of carbonyl (C=O) groups excluding carboxylic acids is 3. The monoisotopic (exact) mass is 283 g/mol. The van der Waals surface area contributed by atoms with Crippen LogP contribution in [0.2, 0.25) is 0 Å². The Balaban J connectivity index is 2.76. The standard InChI is InChI=1S/C13H14FNO5/c1-8(17)15-12(13(18)19-2)7-20-11-4-9(6-16)3-10(14)5-11/h3-6,12H,7H2,1-2H3,(H,15,17). The van der Waals surface area contributed by atoms with Crippen molar-refractivity contribution in [1.29, 1.82) is 0 Å². The molecule has 0 aliphatic carbocycles. The zero-order chi connectivity index (χ0) is 15.1. The molecule has 0 heterocycles. The topological polar surface area (TPSA) is 81.7 Å². The largest absolute Gasteiger partial charge is 0.491 e. The minimum Gasteiger partial charge on any atom is -0.491 e. The highest BCUT2D eigenvalue weighted by molar-refractivity contribution is 5.83. The summed E-state index contributed by atoms with van der Waals surface area (Å²) in [5.74, 6) is -1.69. The zero-order valence-corrected chi connectivity index (χ0v) is 11.0. The number of hydrogen-bond acceptors (Lipinski definition) is 5. The van der Waals surface area contributed by atoms with Crippen molar-refractivity contribution in [2.45, 2.75) is 13.0 Å². The first-order valence-corrected chi connectivity index (χ1v) is 5.69. The number of nitrogens with one attached hydrogen (secondary N) is 1. The fraction of sp³-hybridized carbons (Fsp3) is 0.308. The van der Waals surface area contributed by atoms with Crippen molar-refractivity contribution in [3.8, 4) is 5.75 Å². The van der Waals surface area contributed by atoms with Crippen LogP contribution in [0, 0.1) is 5.82 Å². The van der Waals surface area contributed by atoms with E-state index < -0.39 is 23.7 Å². The lowest BCUT2D eigenvalue weighted by molar-refractivity contribution is -0.145. The van der Waals surface area contributed by atoms with Crippen molar-refractivity contribution in [3.05, 3.63) is 29.6 Å². The highest BCUT2D eigenvalue weighted by atomic mass is 19.1. The van der Waals surface area contributed by atoms with E-state index in [2.05, 4.69) is 10.1 Å². The van der Waals surface area contributed by atoms with E-state index in [0.717, 1.165) is 12.1 Å². The summed E-state index contributed by atoms with van der Waals surface area (Å²) in [6.07, 6.45) is 0.474. The molecule has 108 valence electrons. The second-order valence-electron chi connectivity index (χ2n) is 3.93. The number of ether oxygens (including phenoxy) is 2. The molecule has 1 amide bonds. The molecule has 6 nitrogen and oxygen atoms in total. The van der Waals surface area contributed by atoms with Crippen LogP contribution in [0.3, 0.4) is 0 Å². The molecular weight excluding hydrogens is 269 g/mol. The number of esters is 1. The van der Waals surface area contributed by atoms with Crippen molar-refractivity contribution < 1.29 is 28.2 Å². The van der Waals surface area contributed by atoms with Gasteiger partial charge in [0, 0.05) is 18.6 Å². The predicted octanol–water partition coefficient (Wildman–Crippen LogP) is 0.695. The van der Waals surface area contributed by atoms with Gasteiger partial charge in [0.05, 0.1) is 7.11 Å². The van der Waals surface area contributed by atoms with Crippen LogP contribution in [0.1, 0.15) is 17.3 Å². The molecule has 0 spiro atoms. The lowest BCUT2D eigenvalue weighted by Crippen LogP contribution is -2.44. The van der Waals surface area contributed by atoms with E-state index in [-0.39, 0.29) is 17.9 Å². The Morgan fingerprint density at radius 2 is 2.10 bits per heavy atom. The van der Waals surface area contributed by atoms with Crippen LogP contribution < -0.4 is 10.1 Å². The summed E-state index contributed by atoms with van der Waals surface area (Å²) in [6.45, 7) is 0.997. The van der Waals surface area contributed by atoms with E-state index in [1.165, 1.54) is 20.1 Å².